The van der Waals surface area contributed by atoms with E-state index in [9.17, 15) is 4.79 Å². The number of hydrogen-bond acceptors (Lipinski definition) is 9. The average molecular weight is 396 g/mol. The lowest BCUT2D eigenvalue weighted by Crippen LogP contribution is -2.25. The van der Waals surface area contributed by atoms with Crippen LogP contribution in [0.4, 0.5) is 16.6 Å². The van der Waals surface area contributed by atoms with Crippen molar-refractivity contribution in [1.29, 1.82) is 0 Å². The molecular weight excluding hydrogens is 376 g/mol. The molecule has 0 bridgehead atoms. The van der Waals surface area contributed by atoms with Crippen LogP contribution in [0.15, 0.2) is 41.1 Å². The number of hydrogen-bond donors (Lipinski definition) is 1. The first-order chi connectivity index (χ1) is 14.2. The van der Waals surface area contributed by atoms with Gasteiger partial charge in [-0.25, -0.2) is 9.78 Å². The van der Waals surface area contributed by atoms with Gasteiger partial charge in [0, 0.05) is 11.8 Å². The average Bonchev–Trinajstić information content (AvgIpc) is 3.41. The van der Waals surface area contributed by atoms with Gasteiger partial charge in [-0.15, -0.1) is 0 Å². The lowest BCUT2D eigenvalue weighted by Gasteiger charge is -2.15. The molecule has 1 atom stereocenters. The molecule has 0 spiro atoms. The van der Waals surface area contributed by atoms with Gasteiger partial charge in [0.1, 0.15) is 24.2 Å². The van der Waals surface area contributed by atoms with Crippen LogP contribution in [0.2, 0.25) is 0 Å². The summed E-state index contributed by atoms with van der Waals surface area (Å²) >= 11 is 0. The molecule has 4 rings (SSSR count). The molecule has 3 heterocycles. The molecule has 1 unspecified atom stereocenters. The summed E-state index contributed by atoms with van der Waals surface area (Å²) in [5.41, 5.74) is 0.792. The van der Waals surface area contributed by atoms with E-state index in [1.807, 2.05) is 31.2 Å². The monoisotopic (exact) mass is 396 g/mol. The molecule has 0 radical (unpaired) electrons. The van der Waals surface area contributed by atoms with Crippen LogP contribution in [0.1, 0.15) is 25.3 Å². The molecule has 0 aliphatic carbocycles. The Labute approximate surface area is 166 Å². The summed E-state index contributed by atoms with van der Waals surface area (Å²) in [7, 11) is 1.60. The van der Waals surface area contributed by atoms with Crippen molar-refractivity contribution < 1.29 is 18.8 Å². The molecule has 29 heavy (non-hydrogen) atoms. The van der Waals surface area contributed by atoms with Crippen molar-refractivity contribution in [3.63, 3.8) is 0 Å². The number of rotatable bonds is 7. The summed E-state index contributed by atoms with van der Waals surface area (Å²) < 4.78 is 15.7. The molecule has 10 heteroatoms. The topological polar surface area (TPSA) is 116 Å². The minimum atomic E-state index is -0.415. The van der Waals surface area contributed by atoms with Gasteiger partial charge in [-0.3, -0.25) is 4.90 Å². The standard InChI is InChI=1S/C19H20N6O4/c1-3-14(17-23-16(24-29-17)12-5-4-6-13(11-12)27-2)21-18-20-8-7-15(22-18)25-9-10-28-19(25)26/h4-8,11,14H,3,9-10H2,1-2H3,(H,20,21,22). The van der Waals surface area contributed by atoms with Crippen LogP contribution in [0, 0.1) is 0 Å². The molecule has 1 aliphatic heterocycles. The Hall–Kier alpha value is -3.69. The number of ether oxygens (including phenoxy) is 2. The Kier molecular flexibility index (Phi) is 5.23. The zero-order chi connectivity index (χ0) is 20.2. The quantitative estimate of drug-likeness (QED) is 0.643. The first-order valence-corrected chi connectivity index (χ1v) is 9.20. The molecule has 0 saturated carbocycles. The number of nitrogens with one attached hydrogen (secondary N) is 1. The number of benzene rings is 1. The lowest BCUT2D eigenvalue weighted by atomic mass is 10.2. The number of carbonyl (C=O) groups excluding carboxylic acids is 1. The Balaban J connectivity index is 1.53. The second kappa shape index (κ2) is 8.13. The van der Waals surface area contributed by atoms with Crippen molar-refractivity contribution in [2.75, 3.05) is 30.5 Å². The maximum absolute atomic E-state index is 11.7. The third-order valence-corrected chi connectivity index (χ3v) is 4.46. The molecule has 3 aromatic rings. The van der Waals surface area contributed by atoms with E-state index in [4.69, 9.17) is 14.0 Å². The third-order valence-electron chi connectivity index (χ3n) is 4.46. The van der Waals surface area contributed by atoms with Crippen molar-refractivity contribution in [2.45, 2.75) is 19.4 Å². The highest BCUT2D eigenvalue weighted by molar-refractivity contribution is 5.88. The fourth-order valence-corrected chi connectivity index (χ4v) is 2.92. The van der Waals surface area contributed by atoms with Crippen molar-refractivity contribution in [1.82, 2.24) is 20.1 Å². The normalized spacial score (nSPS) is 14.6. The fraction of sp³-hybridized carbons (Fsp3) is 0.316. The predicted octanol–water partition coefficient (Wildman–Crippen LogP) is 3.06. The van der Waals surface area contributed by atoms with E-state index in [-0.39, 0.29) is 6.04 Å². The van der Waals surface area contributed by atoms with Gasteiger partial charge in [-0.1, -0.05) is 24.2 Å². The van der Waals surface area contributed by atoms with E-state index in [1.54, 1.807) is 19.4 Å². The van der Waals surface area contributed by atoms with E-state index < -0.39 is 6.09 Å². The number of aromatic nitrogens is 4. The number of amides is 1. The zero-order valence-corrected chi connectivity index (χ0v) is 16.0. The van der Waals surface area contributed by atoms with Crippen molar-refractivity contribution in [3.05, 3.63) is 42.4 Å². The highest BCUT2D eigenvalue weighted by Crippen LogP contribution is 2.26. The highest BCUT2D eigenvalue weighted by atomic mass is 16.6. The van der Waals surface area contributed by atoms with Crippen LogP contribution in [0.25, 0.3) is 11.4 Å². The van der Waals surface area contributed by atoms with Crippen LogP contribution in [-0.4, -0.2) is 46.5 Å². The smallest absolute Gasteiger partial charge is 0.415 e. The minimum absolute atomic E-state index is 0.289. The Morgan fingerprint density at radius 2 is 2.21 bits per heavy atom. The summed E-state index contributed by atoms with van der Waals surface area (Å²) in [4.78, 5) is 26.3. The summed E-state index contributed by atoms with van der Waals surface area (Å²) in [5, 5.41) is 7.26. The van der Waals surface area contributed by atoms with E-state index >= 15 is 0 Å². The van der Waals surface area contributed by atoms with Crippen molar-refractivity contribution in [3.8, 4) is 17.1 Å². The molecule has 1 aromatic carbocycles. The van der Waals surface area contributed by atoms with Crippen LogP contribution in [0.5, 0.6) is 5.75 Å². The number of carbonyl (C=O) groups is 1. The molecule has 1 amide bonds. The number of nitrogens with zero attached hydrogens (tertiary/aromatic N) is 5. The number of cyclic esters (lactones) is 1. The van der Waals surface area contributed by atoms with Crippen LogP contribution in [-0.2, 0) is 4.74 Å². The van der Waals surface area contributed by atoms with Gasteiger partial charge in [0.25, 0.3) is 0 Å². The number of methoxy groups -OCH3 is 1. The second-order valence-corrected chi connectivity index (χ2v) is 6.30. The molecule has 10 nitrogen and oxygen atoms in total. The Morgan fingerprint density at radius 1 is 1.31 bits per heavy atom. The van der Waals surface area contributed by atoms with Gasteiger partial charge in [-0.05, 0) is 24.6 Å². The number of anilines is 2. The van der Waals surface area contributed by atoms with E-state index in [0.29, 0.717) is 48.8 Å². The fourth-order valence-electron chi connectivity index (χ4n) is 2.92. The van der Waals surface area contributed by atoms with Gasteiger partial charge in [0.2, 0.25) is 17.7 Å². The van der Waals surface area contributed by atoms with Crippen LogP contribution < -0.4 is 15.0 Å². The molecular formula is C19H20N6O4. The Morgan fingerprint density at radius 3 is 2.97 bits per heavy atom. The van der Waals surface area contributed by atoms with Crippen LogP contribution >= 0.6 is 0 Å². The second-order valence-electron chi connectivity index (χ2n) is 6.30. The minimum Gasteiger partial charge on any atom is -0.497 e. The summed E-state index contributed by atoms with van der Waals surface area (Å²) in [6, 6.07) is 8.80. The van der Waals surface area contributed by atoms with Gasteiger partial charge >= 0.3 is 6.09 Å². The summed E-state index contributed by atoms with van der Waals surface area (Å²) in [6.45, 7) is 2.78. The molecule has 2 aromatic heterocycles. The first kappa shape index (κ1) is 18.7. The summed E-state index contributed by atoms with van der Waals surface area (Å²) in [5.74, 6) is 2.43. The third kappa shape index (κ3) is 3.96. The van der Waals surface area contributed by atoms with E-state index in [2.05, 4.69) is 25.4 Å². The molecule has 1 aliphatic rings. The van der Waals surface area contributed by atoms with Gasteiger partial charge in [0.05, 0.1) is 13.7 Å². The molecule has 1 N–H and O–H groups in total. The van der Waals surface area contributed by atoms with Crippen LogP contribution in [0.3, 0.4) is 0 Å². The maximum atomic E-state index is 11.7. The van der Waals surface area contributed by atoms with Crippen molar-refractivity contribution in [2.24, 2.45) is 0 Å². The van der Waals surface area contributed by atoms with Crippen molar-refractivity contribution >= 4 is 17.9 Å². The molecule has 150 valence electrons. The summed E-state index contributed by atoms with van der Waals surface area (Å²) in [6.07, 6.45) is 1.83. The lowest BCUT2D eigenvalue weighted by molar-refractivity contribution is 0.181. The van der Waals surface area contributed by atoms with Gasteiger partial charge < -0.3 is 19.3 Å². The zero-order valence-electron chi connectivity index (χ0n) is 16.0. The first-order valence-electron chi connectivity index (χ1n) is 9.20. The SMILES string of the molecule is CCC(Nc1nccc(N2CCOC2=O)n1)c1nc(-c2cccc(OC)c2)no1. The van der Waals surface area contributed by atoms with Gasteiger partial charge in [0.15, 0.2) is 0 Å². The van der Waals surface area contributed by atoms with Gasteiger partial charge in [-0.2, -0.15) is 9.97 Å². The molecule has 1 fully saturated rings. The Bertz CT molecular complexity index is 1010. The largest absolute Gasteiger partial charge is 0.497 e. The predicted molar refractivity (Wildman–Crippen MR) is 104 cm³/mol. The maximum Gasteiger partial charge on any atom is 0.415 e. The van der Waals surface area contributed by atoms with E-state index in [1.165, 1.54) is 4.90 Å². The molecule has 1 saturated heterocycles. The highest BCUT2D eigenvalue weighted by Gasteiger charge is 2.25. The van der Waals surface area contributed by atoms with E-state index in [0.717, 1.165) is 5.56 Å².